The van der Waals surface area contributed by atoms with Gasteiger partial charge in [0.25, 0.3) is 0 Å². The zero-order valence-electron chi connectivity index (χ0n) is 9.87. The molecule has 1 N–H and O–H groups in total. The van der Waals surface area contributed by atoms with Crippen LogP contribution in [0.1, 0.15) is 50.5 Å². The minimum Gasteiger partial charge on any atom is -0.472 e. The molecule has 1 aromatic rings. The normalized spacial score (nSPS) is 27.9. The molecule has 2 heteroatoms. The molecule has 1 heterocycles. The van der Waals surface area contributed by atoms with Crippen molar-refractivity contribution in [1.82, 2.24) is 5.32 Å². The number of rotatable bonds is 3. The minimum absolute atomic E-state index is 0.669. The van der Waals surface area contributed by atoms with E-state index in [1.54, 1.807) is 6.26 Å². The minimum atomic E-state index is 0.669. The van der Waals surface area contributed by atoms with Crippen LogP contribution in [0.4, 0.5) is 0 Å². The predicted molar refractivity (Wildman–Crippen MR) is 64.1 cm³/mol. The zero-order chi connectivity index (χ0) is 10.8. The van der Waals surface area contributed by atoms with Crippen molar-refractivity contribution in [3.05, 3.63) is 24.2 Å². The van der Waals surface area contributed by atoms with Gasteiger partial charge in [0.2, 0.25) is 0 Å². The molecule has 2 aliphatic carbocycles. The average Bonchev–Trinajstić information content (AvgIpc) is 2.82. The van der Waals surface area contributed by atoms with Crippen LogP contribution >= 0.6 is 0 Å². The van der Waals surface area contributed by atoms with Crippen LogP contribution in [0.5, 0.6) is 0 Å². The van der Waals surface area contributed by atoms with Crippen LogP contribution in [-0.2, 0) is 6.54 Å². The van der Waals surface area contributed by atoms with Gasteiger partial charge >= 0.3 is 0 Å². The molecule has 3 rings (SSSR count). The molecule has 2 saturated carbocycles. The summed E-state index contributed by atoms with van der Waals surface area (Å²) < 4.78 is 5.10. The summed E-state index contributed by atoms with van der Waals surface area (Å²) >= 11 is 0. The number of furan rings is 1. The van der Waals surface area contributed by atoms with E-state index in [-0.39, 0.29) is 0 Å². The topological polar surface area (TPSA) is 25.2 Å². The third kappa shape index (κ3) is 1.80. The maximum atomic E-state index is 5.10. The third-order valence-electron chi connectivity index (χ3n) is 4.65. The SMILES string of the molecule is c1cc(CNC2CCC23CCCCC3)co1. The van der Waals surface area contributed by atoms with Crippen molar-refractivity contribution in [2.75, 3.05) is 0 Å². The Morgan fingerprint density at radius 1 is 1.25 bits per heavy atom. The lowest BCUT2D eigenvalue weighted by Gasteiger charge is -2.52. The van der Waals surface area contributed by atoms with E-state index in [2.05, 4.69) is 11.4 Å². The Morgan fingerprint density at radius 2 is 2.12 bits per heavy atom. The van der Waals surface area contributed by atoms with Gasteiger partial charge in [-0.15, -0.1) is 0 Å². The van der Waals surface area contributed by atoms with E-state index in [9.17, 15) is 0 Å². The number of hydrogen-bond acceptors (Lipinski definition) is 2. The van der Waals surface area contributed by atoms with Crippen molar-refractivity contribution >= 4 is 0 Å². The molecule has 16 heavy (non-hydrogen) atoms. The van der Waals surface area contributed by atoms with Crippen LogP contribution in [0.2, 0.25) is 0 Å². The van der Waals surface area contributed by atoms with Crippen molar-refractivity contribution in [3.63, 3.8) is 0 Å². The molecule has 1 atom stereocenters. The Hall–Kier alpha value is -0.760. The fourth-order valence-electron chi connectivity index (χ4n) is 3.50. The van der Waals surface area contributed by atoms with Crippen molar-refractivity contribution < 1.29 is 4.42 Å². The molecule has 0 aliphatic heterocycles. The Labute approximate surface area is 97.4 Å². The Balaban J connectivity index is 1.55. The highest BCUT2D eigenvalue weighted by atomic mass is 16.3. The fourth-order valence-corrected chi connectivity index (χ4v) is 3.50. The molecule has 88 valence electrons. The van der Waals surface area contributed by atoms with Crippen molar-refractivity contribution in [1.29, 1.82) is 0 Å². The monoisotopic (exact) mass is 219 g/mol. The summed E-state index contributed by atoms with van der Waals surface area (Å²) in [5, 5.41) is 3.72. The van der Waals surface area contributed by atoms with Crippen LogP contribution in [0, 0.1) is 5.41 Å². The van der Waals surface area contributed by atoms with Crippen LogP contribution < -0.4 is 5.32 Å². The quantitative estimate of drug-likeness (QED) is 0.842. The van der Waals surface area contributed by atoms with Crippen LogP contribution in [0.25, 0.3) is 0 Å². The molecular weight excluding hydrogens is 198 g/mol. The van der Waals surface area contributed by atoms with Crippen molar-refractivity contribution in [3.8, 4) is 0 Å². The van der Waals surface area contributed by atoms with Crippen LogP contribution in [0.15, 0.2) is 23.0 Å². The summed E-state index contributed by atoms with van der Waals surface area (Å²) in [6, 6.07) is 2.82. The highest BCUT2D eigenvalue weighted by Gasteiger charge is 2.46. The maximum absolute atomic E-state index is 5.10. The van der Waals surface area contributed by atoms with Crippen LogP contribution in [-0.4, -0.2) is 6.04 Å². The smallest absolute Gasteiger partial charge is 0.0947 e. The molecule has 1 aromatic heterocycles. The summed E-state index contributed by atoms with van der Waals surface area (Å²) in [5.74, 6) is 0. The summed E-state index contributed by atoms with van der Waals surface area (Å²) in [6.45, 7) is 0.975. The van der Waals surface area contributed by atoms with Crippen molar-refractivity contribution in [2.45, 2.75) is 57.5 Å². The molecule has 1 spiro atoms. The van der Waals surface area contributed by atoms with Gasteiger partial charge in [-0.3, -0.25) is 0 Å². The fraction of sp³-hybridized carbons (Fsp3) is 0.714. The largest absolute Gasteiger partial charge is 0.472 e. The standard InChI is InChI=1S/C14H21NO/c1-2-6-14(7-3-1)8-4-13(14)15-10-12-5-9-16-11-12/h5,9,11,13,15H,1-4,6-8,10H2. The third-order valence-corrected chi connectivity index (χ3v) is 4.65. The van der Waals surface area contributed by atoms with Gasteiger partial charge in [-0.1, -0.05) is 19.3 Å². The molecule has 0 amide bonds. The van der Waals surface area contributed by atoms with E-state index < -0.39 is 0 Å². The molecule has 2 aliphatic rings. The van der Waals surface area contributed by atoms with Gasteiger partial charge in [0.15, 0.2) is 0 Å². The second kappa shape index (κ2) is 4.25. The lowest BCUT2D eigenvalue weighted by atomic mass is 9.57. The zero-order valence-corrected chi connectivity index (χ0v) is 9.87. The van der Waals surface area contributed by atoms with E-state index >= 15 is 0 Å². The highest BCUT2D eigenvalue weighted by Crippen LogP contribution is 2.51. The molecule has 1 unspecified atom stereocenters. The summed E-state index contributed by atoms with van der Waals surface area (Å²) in [6.07, 6.45) is 13.7. The van der Waals surface area contributed by atoms with Gasteiger partial charge in [-0.25, -0.2) is 0 Å². The maximum Gasteiger partial charge on any atom is 0.0947 e. The molecule has 2 fully saturated rings. The Kier molecular flexibility index (Phi) is 2.76. The van der Waals surface area contributed by atoms with E-state index in [0.717, 1.165) is 12.6 Å². The van der Waals surface area contributed by atoms with Gasteiger partial charge in [0.1, 0.15) is 0 Å². The second-order valence-electron chi connectivity index (χ2n) is 5.53. The Morgan fingerprint density at radius 3 is 2.75 bits per heavy atom. The Bertz CT molecular complexity index is 325. The van der Waals surface area contributed by atoms with E-state index in [4.69, 9.17) is 4.42 Å². The molecule has 0 saturated heterocycles. The first-order valence-electron chi connectivity index (χ1n) is 6.64. The first-order valence-corrected chi connectivity index (χ1v) is 6.64. The average molecular weight is 219 g/mol. The van der Waals surface area contributed by atoms with E-state index in [1.807, 2.05) is 6.26 Å². The second-order valence-corrected chi connectivity index (χ2v) is 5.53. The summed E-state index contributed by atoms with van der Waals surface area (Å²) in [7, 11) is 0. The molecule has 0 aromatic carbocycles. The molecule has 0 bridgehead atoms. The number of hydrogen-bond donors (Lipinski definition) is 1. The summed E-state index contributed by atoms with van der Waals surface area (Å²) in [4.78, 5) is 0. The van der Waals surface area contributed by atoms with E-state index in [0.29, 0.717) is 5.41 Å². The molecule has 0 radical (unpaired) electrons. The van der Waals surface area contributed by atoms with Gasteiger partial charge < -0.3 is 9.73 Å². The van der Waals surface area contributed by atoms with Gasteiger partial charge in [0, 0.05) is 18.2 Å². The highest BCUT2D eigenvalue weighted by molar-refractivity contribution is 5.07. The van der Waals surface area contributed by atoms with Gasteiger partial charge in [0.05, 0.1) is 12.5 Å². The first kappa shape index (κ1) is 10.4. The van der Waals surface area contributed by atoms with Gasteiger partial charge in [-0.05, 0) is 37.2 Å². The molecular formula is C14H21NO. The van der Waals surface area contributed by atoms with E-state index in [1.165, 1.54) is 50.5 Å². The van der Waals surface area contributed by atoms with Crippen LogP contribution in [0.3, 0.4) is 0 Å². The summed E-state index contributed by atoms with van der Waals surface area (Å²) in [5.41, 5.74) is 1.94. The molecule has 2 nitrogen and oxygen atoms in total. The first-order chi connectivity index (χ1) is 7.89. The van der Waals surface area contributed by atoms with Gasteiger partial charge in [-0.2, -0.15) is 0 Å². The predicted octanol–water partition coefficient (Wildman–Crippen LogP) is 3.48. The lowest BCUT2D eigenvalue weighted by molar-refractivity contribution is 0.0221. The lowest BCUT2D eigenvalue weighted by Crippen LogP contribution is -2.53. The van der Waals surface area contributed by atoms with Crippen molar-refractivity contribution in [2.24, 2.45) is 5.41 Å². The number of nitrogens with one attached hydrogen (secondary N) is 1.